The maximum atomic E-state index is 12.6. The molecule has 0 aliphatic carbocycles. The number of piperazine rings is 1. The lowest BCUT2D eigenvalue weighted by Gasteiger charge is -2.37. The van der Waals surface area contributed by atoms with Crippen molar-refractivity contribution in [2.24, 2.45) is 0 Å². The molecule has 24 heavy (non-hydrogen) atoms. The van der Waals surface area contributed by atoms with E-state index >= 15 is 0 Å². The maximum Gasteiger partial charge on any atom is 0.252 e. The van der Waals surface area contributed by atoms with Crippen LogP contribution in [0.3, 0.4) is 0 Å². The van der Waals surface area contributed by atoms with E-state index in [1.54, 1.807) is 12.1 Å². The second-order valence-corrected chi connectivity index (χ2v) is 5.62. The van der Waals surface area contributed by atoms with Crippen LogP contribution in [0.2, 0.25) is 0 Å². The van der Waals surface area contributed by atoms with Crippen LogP contribution in [0.4, 0.5) is 0 Å². The normalized spacial score (nSPS) is 19.9. The summed E-state index contributed by atoms with van der Waals surface area (Å²) in [5.74, 6) is 0.378. The number of carbonyl (C=O) groups excluding carboxylic acids is 3. The highest BCUT2D eigenvalue weighted by atomic mass is 16.5. The lowest BCUT2D eigenvalue weighted by Crippen LogP contribution is -2.61. The number of benzene rings is 1. The lowest BCUT2D eigenvalue weighted by molar-refractivity contribution is -0.163. The molecule has 1 unspecified atom stereocenters. The minimum absolute atomic E-state index is 0.0521. The number of imide groups is 1. The minimum atomic E-state index is -0.769. The smallest absolute Gasteiger partial charge is 0.252 e. The van der Waals surface area contributed by atoms with Gasteiger partial charge in [0.25, 0.3) is 5.91 Å². The van der Waals surface area contributed by atoms with Crippen molar-refractivity contribution >= 4 is 17.7 Å². The second-order valence-electron chi connectivity index (χ2n) is 5.62. The van der Waals surface area contributed by atoms with E-state index in [-0.39, 0.29) is 25.6 Å². The molecule has 1 atom stereocenters. The topological polar surface area (TPSA) is 85.4 Å². The number of hydrogen-bond donors (Lipinski definition) is 0. The van der Waals surface area contributed by atoms with Gasteiger partial charge >= 0.3 is 0 Å². The van der Waals surface area contributed by atoms with Crippen molar-refractivity contribution in [3.8, 4) is 17.2 Å². The quantitative estimate of drug-likeness (QED) is 0.767. The third-order valence-corrected chi connectivity index (χ3v) is 4.26. The van der Waals surface area contributed by atoms with Crippen molar-refractivity contribution in [1.29, 1.82) is 0 Å². The fourth-order valence-corrected chi connectivity index (χ4v) is 2.96. The largest absolute Gasteiger partial charge is 0.493 e. The fourth-order valence-electron chi connectivity index (χ4n) is 2.96. The van der Waals surface area contributed by atoms with Gasteiger partial charge < -0.3 is 14.2 Å². The third-order valence-electron chi connectivity index (χ3n) is 4.26. The number of rotatable bonds is 2. The zero-order valence-corrected chi connectivity index (χ0v) is 13.7. The molecule has 8 heteroatoms. The lowest BCUT2D eigenvalue weighted by atomic mass is 10.0. The van der Waals surface area contributed by atoms with E-state index in [1.807, 2.05) is 0 Å². The van der Waals surface area contributed by atoms with Gasteiger partial charge in [0, 0.05) is 25.0 Å². The van der Waals surface area contributed by atoms with E-state index in [1.165, 1.54) is 26.0 Å². The van der Waals surface area contributed by atoms with Crippen molar-refractivity contribution in [1.82, 2.24) is 9.80 Å². The van der Waals surface area contributed by atoms with E-state index in [0.717, 1.165) is 4.90 Å². The molecular formula is C16H18N2O6. The van der Waals surface area contributed by atoms with Gasteiger partial charge in [-0.1, -0.05) is 0 Å². The first-order valence-electron chi connectivity index (χ1n) is 7.45. The predicted octanol–water partition coefficient (Wildman–Crippen LogP) is 0.182. The summed E-state index contributed by atoms with van der Waals surface area (Å²) in [5, 5.41) is 0. The number of methoxy groups -OCH3 is 2. The Labute approximate surface area is 138 Å². The van der Waals surface area contributed by atoms with Crippen LogP contribution in [0.15, 0.2) is 12.1 Å². The highest BCUT2D eigenvalue weighted by Crippen LogP contribution is 2.37. The van der Waals surface area contributed by atoms with Gasteiger partial charge in [-0.15, -0.1) is 0 Å². The molecule has 2 aliphatic rings. The van der Waals surface area contributed by atoms with Crippen molar-refractivity contribution in [2.45, 2.75) is 19.4 Å². The van der Waals surface area contributed by atoms with Crippen molar-refractivity contribution in [3.63, 3.8) is 0 Å². The first-order chi connectivity index (χ1) is 11.5. The SMILES string of the molecule is COc1cc2c(cc1OC)OCN1C(=O)CN(C(C)=O)C(=O)C1C2. The van der Waals surface area contributed by atoms with Gasteiger partial charge in [-0.25, -0.2) is 0 Å². The Morgan fingerprint density at radius 1 is 1.21 bits per heavy atom. The molecule has 0 aromatic heterocycles. The van der Waals surface area contributed by atoms with E-state index in [0.29, 0.717) is 22.8 Å². The predicted molar refractivity (Wildman–Crippen MR) is 81.8 cm³/mol. The van der Waals surface area contributed by atoms with Crippen LogP contribution in [-0.2, 0) is 20.8 Å². The van der Waals surface area contributed by atoms with E-state index in [2.05, 4.69) is 0 Å². The zero-order valence-electron chi connectivity index (χ0n) is 13.7. The Kier molecular flexibility index (Phi) is 4.04. The summed E-state index contributed by atoms with van der Waals surface area (Å²) in [7, 11) is 3.03. The molecule has 0 saturated carbocycles. The van der Waals surface area contributed by atoms with Crippen LogP contribution in [-0.4, -0.2) is 61.1 Å². The summed E-state index contributed by atoms with van der Waals surface area (Å²) in [5.41, 5.74) is 0.715. The number of amides is 3. The van der Waals surface area contributed by atoms with Gasteiger partial charge in [0.2, 0.25) is 11.8 Å². The molecule has 0 spiro atoms. The van der Waals surface area contributed by atoms with Gasteiger partial charge in [0.1, 0.15) is 18.3 Å². The average Bonchev–Trinajstić information content (AvgIpc) is 2.76. The van der Waals surface area contributed by atoms with Crippen LogP contribution < -0.4 is 14.2 Å². The molecule has 2 aliphatic heterocycles. The molecule has 1 fully saturated rings. The first-order valence-corrected chi connectivity index (χ1v) is 7.45. The van der Waals surface area contributed by atoms with Crippen molar-refractivity contribution in [3.05, 3.63) is 17.7 Å². The number of carbonyl (C=O) groups is 3. The average molecular weight is 334 g/mol. The minimum Gasteiger partial charge on any atom is -0.493 e. The molecule has 128 valence electrons. The Morgan fingerprint density at radius 3 is 2.50 bits per heavy atom. The molecule has 1 aromatic carbocycles. The number of nitrogens with zero attached hydrogens (tertiary/aromatic N) is 2. The van der Waals surface area contributed by atoms with Crippen LogP contribution in [0.5, 0.6) is 17.2 Å². The number of ether oxygens (including phenoxy) is 3. The van der Waals surface area contributed by atoms with Crippen molar-refractivity contribution < 1.29 is 28.6 Å². The van der Waals surface area contributed by atoms with Gasteiger partial charge in [0.15, 0.2) is 18.2 Å². The van der Waals surface area contributed by atoms with E-state index in [9.17, 15) is 14.4 Å². The summed E-state index contributed by atoms with van der Waals surface area (Å²) in [6.07, 6.45) is 0.240. The zero-order chi connectivity index (χ0) is 17.4. The highest BCUT2D eigenvalue weighted by molar-refractivity contribution is 6.04. The molecule has 0 radical (unpaired) electrons. The molecule has 0 N–H and O–H groups in total. The monoisotopic (exact) mass is 334 g/mol. The second kappa shape index (κ2) is 6.03. The molecule has 1 aromatic rings. The van der Waals surface area contributed by atoms with Crippen LogP contribution in [0, 0.1) is 0 Å². The summed E-state index contributed by atoms with van der Waals surface area (Å²) in [6, 6.07) is 2.63. The summed E-state index contributed by atoms with van der Waals surface area (Å²) in [4.78, 5) is 38.8. The molecule has 3 amide bonds. The standard InChI is InChI=1S/C16H18N2O6/c1-9(19)17-7-15(20)18-8-24-12-6-14(23-3)13(22-2)5-10(12)4-11(18)16(17)21/h5-6,11H,4,7-8H2,1-3H3. The van der Waals surface area contributed by atoms with Crippen LogP contribution in [0.1, 0.15) is 12.5 Å². The summed E-state index contributed by atoms with van der Waals surface area (Å²) in [6.45, 7) is 0.969. The maximum absolute atomic E-state index is 12.6. The van der Waals surface area contributed by atoms with Gasteiger partial charge in [-0.2, -0.15) is 0 Å². The molecule has 0 bridgehead atoms. The summed E-state index contributed by atoms with van der Waals surface area (Å²) < 4.78 is 16.2. The molecule has 3 rings (SSSR count). The van der Waals surface area contributed by atoms with Crippen molar-refractivity contribution in [2.75, 3.05) is 27.5 Å². The highest BCUT2D eigenvalue weighted by Gasteiger charge is 2.43. The first kappa shape index (κ1) is 16.1. The van der Waals surface area contributed by atoms with Gasteiger partial charge in [-0.3, -0.25) is 24.2 Å². The molecular weight excluding hydrogens is 316 g/mol. The van der Waals surface area contributed by atoms with E-state index in [4.69, 9.17) is 14.2 Å². The van der Waals surface area contributed by atoms with Gasteiger partial charge in [-0.05, 0) is 6.07 Å². The Morgan fingerprint density at radius 2 is 1.88 bits per heavy atom. The number of fused-ring (bicyclic) bond motifs is 2. The van der Waals surface area contributed by atoms with Gasteiger partial charge in [0.05, 0.1) is 14.2 Å². The molecule has 2 heterocycles. The molecule has 1 saturated heterocycles. The Balaban J connectivity index is 2.00. The number of hydrogen-bond acceptors (Lipinski definition) is 6. The third kappa shape index (κ3) is 2.53. The summed E-state index contributed by atoms with van der Waals surface area (Å²) >= 11 is 0. The fraction of sp³-hybridized carbons (Fsp3) is 0.438. The van der Waals surface area contributed by atoms with Crippen LogP contribution >= 0.6 is 0 Å². The van der Waals surface area contributed by atoms with E-state index < -0.39 is 17.9 Å². The molecule has 8 nitrogen and oxygen atoms in total. The Hall–Kier alpha value is -2.77. The Bertz CT molecular complexity index is 717. The van der Waals surface area contributed by atoms with Crippen LogP contribution in [0.25, 0.3) is 0 Å².